The molecule has 7 nitrogen and oxygen atoms in total. The van der Waals surface area contributed by atoms with Crippen LogP contribution < -0.4 is 0 Å². The second-order valence-corrected chi connectivity index (χ2v) is 8.08. The summed E-state index contributed by atoms with van der Waals surface area (Å²) in [5.74, 6) is 0.845. The lowest BCUT2D eigenvalue weighted by Crippen LogP contribution is -2.52. The molecule has 8 heteroatoms. The van der Waals surface area contributed by atoms with Crippen LogP contribution in [0.3, 0.4) is 0 Å². The highest BCUT2D eigenvalue weighted by Crippen LogP contribution is 2.37. The quantitative estimate of drug-likeness (QED) is 0.632. The summed E-state index contributed by atoms with van der Waals surface area (Å²) in [4.78, 5) is 26.9. The Morgan fingerprint density at radius 1 is 1.00 bits per heavy atom. The maximum atomic E-state index is 12.5. The fourth-order valence-corrected chi connectivity index (χ4v) is 4.45. The van der Waals surface area contributed by atoms with E-state index in [1.807, 2.05) is 59.3 Å². The van der Waals surface area contributed by atoms with Crippen molar-refractivity contribution >= 4 is 29.5 Å². The molecule has 0 atom stereocenters. The van der Waals surface area contributed by atoms with Crippen LogP contribution in [-0.4, -0.2) is 57.6 Å². The molecule has 0 spiro atoms. The smallest absolute Gasteiger partial charge is 0.410 e. The Balaban J connectivity index is 1.27. The number of piperazine rings is 1. The number of aromatic nitrogens is 2. The van der Waals surface area contributed by atoms with E-state index >= 15 is 0 Å². The Morgan fingerprint density at radius 3 is 2.60 bits per heavy atom. The SMILES string of the molecule is O=C(OCc1ccccc1)N1CCN(C2=Nc3ccccc3Sc3nccn32)CC1. The summed E-state index contributed by atoms with van der Waals surface area (Å²) in [6.07, 6.45) is 3.46. The number of benzene rings is 2. The third-order valence-electron chi connectivity index (χ3n) is 5.14. The number of carbonyl (C=O) groups excluding carboxylic acids is 1. The minimum Gasteiger partial charge on any atom is -0.445 e. The Hall–Kier alpha value is -3.26. The number of fused-ring (bicyclic) bond motifs is 2. The van der Waals surface area contributed by atoms with Crippen molar-refractivity contribution in [3.05, 3.63) is 72.6 Å². The van der Waals surface area contributed by atoms with Gasteiger partial charge in [0.25, 0.3) is 0 Å². The van der Waals surface area contributed by atoms with Gasteiger partial charge in [0, 0.05) is 43.5 Å². The Kier molecular flexibility index (Phi) is 5.15. The molecule has 1 saturated heterocycles. The molecule has 3 aromatic rings. The number of amides is 1. The fraction of sp³-hybridized carbons (Fsp3) is 0.227. The monoisotopic (exact) mass is 419 g/mol. The normalized spacial score (nSPS) is 15.7. The maximum Gasteiger partial charge on any atom is 0.410 e. The van der Waals surface area contributed by atoms with Gasteiger partial charge in [-0.15, -0.1) is 0 Å². The van der Waals surface area contributed by atoms with Crippen LogP contribution in [0.25, 0.3) is 0 Å². The Bertz CT molecular complexity index is 1070. The molecule has 3 heterocycles. The van der Waals surface area contributed by atoms with E-state index in [9.17, 15) is 4.79 Å². The maximum absolute atomic E-state index is 12.5. The largest absolute Gasteiger partial charge is 0.445 e. The third-order valence-corrected chi connectivity index (χ3v) is 6.18. The van der Waals surface area contributed by atoms with E-state index in [2.05, 4.69) is 16.0 Å². The number of nitrogens with zero attached hydrogens (tertiary/aromatic N) is 5. The average Bonchev–Trinajstić information content (AvgIpc) is 3.19. The first-order chi connectivity index (χ1) is 14.8. The topological polar surface area (TPSA) is 63.0 Å². The molecule has 152 valence electrons. The van der Waals surface area contributed by atoms with Crippen molar-refractivity contribution in [2.75, 3.05) is 26.2 Å². The molecule has 2 aliphatic rings. The summed E-state index contributed by atoms with van der Waals surface area (Å²) in [6, 6.07) is 17.8. The molecule has 1 amide bonds. The zero-order chi connectivity index (χ0) is 20.3. The van der Waals surface area contributed by atoms with E-state index in [0.29, 0.717) is 32.8 Å². The summed E-state index contributed by atoms with van der Waals surface area (Å²) in [5, 5.41) is 0.892. The predicted octanol–water partition coefficient (Wildman–Crippen LogP) is 3.84. The molecular weight excluding hydrogens is 398 g/mol. The molecule has 0 saturated carbocycles. The van der Waals surface area contributed by atoms with Crippen molar-refractivity contribution in [3.63, 3.8) is 0 Å². The Morgan fingerprint density at radius 2 is 1.77 bits per heavy atom. The third kappa shape index (κ3) is 3.78. The summed E-state index contributed by atoms with van der Waals surface area (Å²) in [6.45, 7) is 2.84. The van der Waals surface area contributed by atoms with Crippen LogP contribution in [-0.2, 0) is 11.3 Å². The molecule has 1 aromatic heterocycles. The van der Waals surface area contributed by atoms with E-state index < -0.39 is 0 Å². The van der Waals surface area contributed by atoms with Crippen molar-refractivity contribution in [3.8, 4) is 0 Å². The first-order valence-corrected chi connectivity index (χ1v) is 10.7. The van der Waals surface area contributed by atoms with Crippen LogP contribution in [0.5, 0.6) is 0 Å². The number of para-hydroxylation sites is 1. The summed E-state index contributed by atoms with van der Waals surface area (Å²) in [5.41, 5.74) is 1.92. The van der Waals surface area contributed by atoms with Crippen LogP contribution >= 0.6 is 11.8 Å². The van der Waals surface area contributed by atoms with Crippen LogP contribution in [0.4, 0.5) is 10.5 Å². The van der Waals surface area contributed by atoms with Crippen molar-refractivity contribution in [1.82, 2.24) is 19.4 Å². The number of rotatable bonds is 2. The van der Waals surface area contributed by atoms with E-state index in [1.54, 1.807) is 22.9 Å². The highest BCUT2D eigenvalue weighted by atomic mass is 32.2. The molecule has 0 aliphatic carbocycles. The van der Waals surface area contributed by atoms with Crippen LogP contribution in [0.15, 0.2) is 82.0 Å². The molecule has 2 aliphatic heterocycles. The molecule has 0 bridgehead atoms. The number of carbonyl (C=O) groups is 1. The van der Waals surface area contributed by atoms with Crippen LogP contribution in [0, 0.1) is 0 Å². The first-order valence-electron chi connectivity index (χ1n) is 9.88. The lowest BCUT2D eigenvalue weighted by Gasteiger charge is -2.35. The standard InChI is InChI=1S/C22H21N5O2S/c28-22(29-16-17-6-2-1-3-7-17)26-14-12-25(13-15-26)20-24-18-8-4-5-9-19(18)30-21-23-10-11-27(20)21/h1-11H,12-16H2. The summed E-state index contributed by atoms with van der Waals surface area (Å²) < 4.78 is 7.50. The minimum atomic E-state index is -0.273. The number of imidazole rings is 1. The van der Waals surface area contributed by atoms with Gasteiger partial charge < -0.3 is 14.5 Å². The van der Waals surface area contributed by atoms with Gasteiger partial charge in [0.1, 0.15) is 6.61 Å². The second-order valence-electron chi connectivity index (χ2n) is 7.08. The fourth-order valence-electron chi connectivity index (χ4n) is 3.54. The second kappa shape index (κ2) is 8.23. The summed E-state index contributed by atoms with van der Waals surface area (Å²) in [7, 11) is 0. The zero-order valence-corrected chi connectivity index (χ0v) is 17.2. The van der Waals surface area contributed by atoms with Gasteiger partial charge in [0.05, 0.1) is 5.69 Å². The molecule has 30 heavy (non-hydrogen) atoms. The number of ether oxygens (including phenoxy) is 1. The highest BCUT2D eigenvalue weighted by molar-refractivity contribution is 7.99. The van der Waals surface area contributed by atoms with Crippen molar-refractivity contribution in [2.45, 2.75) is 16.7 Å². The average molecular weight is 420 g/mol. The van der Waals surface area contributed by atoms with Gasteiger partial charge in [-0.2, -0.15) is 0 Å². The van der Waals surface area contributed by atoms with Gasteiger partial charge in [0.2, 0.25) is 5.96 Å². The number of aliphatic imine (C=N–C) groups is 1. The van der Waals surface area contributed by atoms with E-state index in [0.717, 1.165) is 27.3 Å². The Labute approximate surface area is 179 Å². The van der Waals surface area contributed by atoms with Crippen LogP contribution in [0.2, 0.25) is 0 Å². The van der Waals surface area contributed by atoms with Gasteiger partial charge in [-0.3, -0.25) is 4.57 Å². The predicted molar refractivity (Wildman–Crippen MR) is 115 cm³/mol. The molecule has 1 fully saturated rings. The van der Waals surface area contributed by atoms with Gasteiger partial charge in [-0.25, -0.2) is 14.8 Å². The van der Waals surface area contributed by atoms with E-state index in [4.69, 9.17) is 9.73 Å². The molecule has 0 radical (unpaired) electrons. The van der Waals surface area contributed by atoms with Gasteiger partial charge >= 0.3 is 6.09 Å². The molecule has 2 aromatic carbocycles. The van der Waals surface area contributed by atoms with Crippen molar-refractivity contribution in [1.29, 1.82) is 0 Å². The zero-order valence-electron chi connectivity index (χ0n) is 16.3. The first kappa shape index (κ1) is 18.7. The lowest BCUT2D eigenvalue weighted by molar-refractivity contribution is 0.0821. The lowest BCUT2D eigenvalue weighted by atomic mass is 10.2. The van der Waals surface area contributed by atoms with E-state index in [1.165, 1.54) is 0 Å². The molecule has 0 unspecified atom stereocenters. The van der Waals surface area contributed by atoms with Gasteiger partial charge in [-0.1, -0.05) is 42.5 Å². The van der Waals surface area contributed by atoms with Crippen LogP contribution in [0.1, 0.15) is 5.56 Å². The highest BCUT2D eigenvalue weighted by Gasteiger charge is 2.27. The molecular formula is C22H21N5O2S. The number of hydrogen-bond donors (Lipinski definition) is 0. The summed E-state index contributed by atoms with van der Waals surface area (Å²) >= 11 is 1.61. The minimum absolute atomic E-state index is 0.273. The van der Waals surface area contributed by atoms with Crippen molar-refractivity contribution < 1.29 is 9.53 Å². The van der Waals surface area contributed by atoms with Gasteiger partial charge in [-0.05, 0) is 29.5 Å². The number of hydrogen-bond acceptors (Lipinski definition) is 6. The molecule has 0 N–H and O–H groups in total. The molecule has 5 rings (SSSR count). The van der Waals surface area contributed by atoms with Crippen molar-refractivity contribution in [2.24, 2.45) is 4.99 Å². The van der Waals surface area contributed by atoms with Gasteiger partial charge in [0.15, 0.2) is 5.16 Å². The van der Waals surface area contributed by atoms with E-state index in [-0.39, 0.29) is 6.09 Å².